The Morgan fingerprint density at radius 2 is 1.95 bits per heavy atom. The average molecular weight is 265 g/mol. The summed E-state index contributed by atoms with van der Waals surface area (Å²) in [6.45, 7) is 7.09. The number of aryl methyl sites for hydroxylation is 2. The van der Waals surface area contributed by atoms with Crippen LogP contribution in [0.1, 0.15) is 30.0 Å². The number of carboxylic acid groups (broad SMARTS) is 1. The summed E-state index contributed by atoms with van der Waals surface area (Å²) < 4.78 is 5.32. The highest BCUT2D eigenvalue weighted by Gasteiger charge is 2.14. The zero-order valence-electron chi connectivity index (χ0n) is 12.1. The highest BCUT2D eigenvalue weighted by molar-refractivity contribution is 5.70. The molecule has 0 bridgehead atoms. The average Bonchev–Trinajstić information content (AvgIpc) is 2.34. The third kappa shape index (κ3) is 4.24. The van der Waals surface area contributed by atoms with Crippen molar-refractivity contribution in [3.05, 3.63) is 28.8 Å². The van der Waals surface area contributed by atoms with Crippen LogP contribution in [0.25, 0.3) is 0 Å². The van der Waals surface area contributed by atoms with Gasteiger partial charge in [-0.05, 0) is 37.0 Å². The van der Waals surface area contributed by atoms with E-state index in [4.69, 9.17) is 9.84 Å². The summed E-state index contributed by atoms with van der Waals surface area (Å²) in [6, 6.07) is 4.14. The molecule has 4 heteroatoms. The summed E-state index contributed by atoms with van der Waals surface area (Å²) in [6.07, 6.45) is 0.642. The van der Waals surface area contributed by atoms with Crippen molar-refractivity contribution in [3.63, 3.8) is 0 Å². The SMILES string of the molecule is CCC(CNCc1cc(C)c(OC)c(C)c1)C(=O)O. The number of aliphatic carboxylic acids is 1. The minimum Gasteiger partial charge on any atom is -0.496 e. The van der Waals surface area contributed by atoms with Crippen molar-refractivity contribution in [1.29, 1.82) is 0 Å². The number of methoxy groups -OCH3 is 1. The smallest absolute Gasteiger partial charge is 0.307 e. The fourth-order valence-electron chi connectivity index (χ4n) is 2.26. The van der Waals surface area contributed by atoms with Crippen LogP contribution in [0.4, 0.5) is 0 Å². The fourth-order valence-corrected chi connectivity index (χ4v) is 2.26. The van der Waals surface area contributed by atoms with Crippen molar-refractivity contribution in [2.45, 2.75) is 33.7 Å². The monoisotopic (exact) mass is 265 g/mol. The van der Waals surface area contributed by atoms with E-state index in [1.54, 1.807) is 7.11 Å². The molecule has 1 atom stereocenters. The molecule has 2 N–H and O–H groups in total. The van der Waals surface area contributed by atoms with Gasteiger partial charge in [0.05, 0.1) is 13.0 Å². The van der Waals surface area contributed by atoms with Gasteiger partial charge in [-0.25, -0.2) is 0 Å². The Labute approximate surface area is 114 Å². The van der Waals surface area contributed by atoms with E-state index in [2.05, 4.69) is 17.4 Å². The number of rotatable bonds is 7. The van der Waals surface area contributed by atoms with Gasteiger partial charge in [0.1, 0.15) is 5.75 Å². The predicted octanol–water partition coefficient (Wildman–Crippen LogP) is 2.51. The van der Waals surface area contributed by atoms with Gasteiger partial charge in [-0.2, -0.15) is 0 Å². The maximum atomic E-state index is 10.9. The third-order valence-electron chi connectivity index (χ3n) is 3.29. The first-order chi connectivity index (χ1) is 8.99. The molecule has 0 amide bonds. The van der Waals surface area contributed by atoms with Crippen molar-refractivity contribution in [1.82, 2.24) is 5.32 Å². The molecular weight excluding hydrogens is 242 g/mol. The molecule has 4 nitrogen and oxygen atoms in total. The quantitative estimate of drug-likeness (QED) is 0.795. The lowest BCUT2D eigenvalue weighted by Crippen LogP contribution is -2.27. The van der Waals surface area contributed by atoms with E-state index in [-0.39, 0.29) is 5.92 Å². The minimum atomic E-state index is -0.739. The van der Waals surface area contributed by atoms with E-state index in [0.717, 1.165) is 22.4 Å². The highest BCUT2D eigenvalue weighted by atomic mass is 16.5. The topological polar surface area (TPSA) is 58.6 Å². The van der Waals surface area contributed by atoms with Crippen LogP contribution in [0.3, 0.4) is 0 Å². The lowest BCUT2D eigenvalue weighted by atomic mass is 10.0. The summed E-state index contributed by atoms with van der Waals surface area (Å²) in [4.78, 5) is 10.9. The summed E-state index contributed by atoms with van der Waals surface area (Å²) >= 11 is 0. The maximum Gasteiger partial charge on any atom is 0.307 e. The Morgan fingerprint density at radius 3 is 2.37 bits per heavy atom. The van der Waals surface area contributed by atoms with Crippen LogP contribution in [0, 0.1) is 19.8 Å². The summed E-state index contributed by atoms with van der Waals surface area (Å²) in [5.41, 5.74) is 3.35. The van der Waals surface area contributed by atoms with E-state index >= 15 is 0 Å². The number of benzene rings is 1. The molecule has 1 aromatic rings. The third-order valence-corrected chi connectivity index (χ3v) is 3.29. The number of hydrogen-bond acceptors (Lipinski definition) is 3. The molecule has 0 spiro atoms. The molecule has 1 rings (SSSR count). The zero-order valence-corrected chi connectivity index (χ0v) is 12.1. The molecule has 0 saturated carbocycles. The largest absolute Gasteiger partial charge is 0.496 e. The van der Waals surface area contributed by atoms with Crippen LogP contribution in [-0.4, -0.2) is 24.7 Å². The highest BCUT2D eigenvalue weighted by Crippen LogP contribution is 2.24. The Bertz CT molecular complexity index is 420. The van der Waals surface area contributed by atoms with Gasteiger partial charge in [0, 0.05) is 13.1 Å². The molecule has 0 aromatic heterocycles. The van der Waals surface area contributed by atoms with Crippen LogP contribution in [0.2, 0.25) is 0 Å². The lowest BCUT2D eigenvalue weighted by molar-refractivity contribution is -0.141. The van der Waals surface area contributed by atoms with Gasteiger partial charge in [0.25, 0.3) is 0 Å². The summed E-state index contributed by atoms with van der Waals surface area (Å²) in [7, 11) is 1.67. The Morgan fingerprint density at radius 1 is 1.37 bits per heavy atom. The summed E-state index contributed by atoms with van der Waals surface area (Å²) in [5.74, 6) is -0.141. The van der Waals surface area contributed by atoms with E-state index in [9.17, 15) is 4.79 Å². The Kier molecular flexibility index (Phi) is 5.83. The van der Waals surface area contributed by atoms with Gasteiger partial charge in [0.15, 0.2) is 0 Å². The lowest BCUT2D eigenvalue weighted by Gasteiger charge is -2.14. The van der Waals surface area contributed by atoms with E-state index in [0.29, 0.717) is 19.5 Å². The molecule has 0 radical (unpaired) electrons. The minimum absolute atomic E-state index is 0.319. The van der Waals surface area contributed by atoms with Gasteiger partial charge in [-0.3, -0.25) is 4.79 Å². The van der Waals surface area contributed by atoms with Crippen LogP contribution < -0.4 is 10.1 Å². The normalized spacial score (nSPS) is 12.2. The van der Waals surface area contributed by atoms with E-state index in [1.165, 1.54) is 0 Å². The summed E-state index contributed by atoms with van der Waals surface area (Å²) in [5, 5.41) is 12.2. The Balaban J connectivity index is 2.61. The fraction of sp³-hybridized carbons (Fsp3) is 0.533. The number of nitrogens with one attached hydrogen (secondary N) is 1. The van der Waals surface area contributed by atoms with Crippen molar-refractivity contribution < 1.29 is 14.6 Å². The molecule has 0 aliphatic carbocycles. The molecule has 0 saturated heterocycles. The number of hydrogen-bond donors (Lipinski definition) is 2. The van der Waals surface area contributed by atoms with Crippen molar-refractivity contribution in [3.8, 4) is 5.75 Å². The molecule has 19 heavy (non-hydrogen) atoms. The molecule has 1 aromatic carbocycles. The second-order valence-electron chi connectivity index (χ2n) is 4.84. The van der Waals surface area contributed by atoms with Gasteiger partial charge in [-0.1, -0.05) is 19.1 Å². The van der Waals surface area contributed by atoms with Crippen molar-refractivity contribution in [2.24, 2.45) is 5.92 Å². The molecular formula is C15H23NO3. The second-order valence-corrected chi connectivity index (χ2v) is 4.84. The predicted molar refractivity (Wildman–Crippen MR) is 75.6 cm³/mol. The zero-order chi connectivity index (χ0) is 14.4. The van der Waals surface area contributed by atoms with E-state index in [1.807, 2.05) is 20.8 Å². The van der Waals surface area contributed by atoms with Crippen LogP contribution in [0.5, 0.6) is 5.75 Å². The standard InChI is InChI=1S/C15H23NO3/c1-5-13(15(17)18)9-16-8-12-6-10(2)14(19-4)11(3)7-12/h6-7,13,16H,5,8-9H2,1-4H3,(H,17,18). The number of carboxylic acids is 1. The molecule has 0 aliphatic heterocycles. The van der Waals surface area contributed by atoms with Gasteiger partial charge in [-0.15, -0.1) is 0 Å². The van der Waals surface area contributed by atoms with Crippen molar-refractivity contribution in [2.75, 3.05) is 13.7 Å². The molecule has 0 aliphatic rings. The maximum absolute atomic E-state index is 10.9. The number of ether oxygens (including phenoxy) is 1. The second kappa shape index (κ2) is 7.14. The van der Waals surface area contributed by atoms with Crippen LogP contribution >= 0.6 is 0 Å². The number of carbonyl (C=O) groups is 1. The first-order valence-corrected chi connectivity index (χ1v) is 6.57. The molecule has 106 valence electrons. The van der Waals surface area contributed by atoms with E-state index < -0.39 is 5.97 Å². The van der Waals surface area contributed by atoms with Gasteiger partial charge >= 0.3 is 5.97 Å². The van der Waals surface area contributed by atoms with Gasteiger partial charge < -0.3 is 15.2 Å². The first kappa shape index (κ1) is 15.5. The molecule has 0 fully saturated rings. The van der Waals surface area contributed by atoms with Crippen LogP contribution in [0.15, 0.2) is 12.1 Å². The van der Waals surface area contributed by atoms with Crippen molar-refractivity contribution >= 4 is 5.97 Å². The Hall–Kier alpha value is -1.55. The first-order valence-electron chi connectivity index (χ1n) is 6.57. The molecule has 1 unspecified atom stereocenters. The van der Waals surface area contributed by atoms with Gasteiger partial charge in [0.2, 0.25) is 0 Å². The van der Waals surface area contributed by atoms with Crippen LogP contribution in [-0.2, 0) is 11.3 Å². The molecule has 0 heterocycles.